The molecule has 8 atom stereocenters. The first-order valence-corrected chi connectivity index (χ1v) is 20.5. The van der Waals surface area contributed by atoms with Crippen molar-refractivity contribution in [3.63, 3.8) is 0 Å². The quantitative estimate of drug-likeness (QED) is 0.173. The third-order valence-electron chi connectivity index (χ3n) is 13.1. The van der Waals surface area contributed by atoms with E-state index in [0.717, 1.165) is 48.0 Å². The molecule has 0 amide bonds. The first-order valence-electron chi connectivity index (χ1n) is 20.5. The van der Waals surface area contributed by atoms with E-state index in [1.54, 1.807) is 0 Å². The van der Waals surface area contributed by atoms with Crippen LogP contribution in [0.5, 0.6) is 0 Å². The highest BCUT2D eigenvalue weighted by molar-refractivity contribution is 6.23. The summed E-state index contributed by atoms with van der Waals surface area (Å²) in [5, 5.41) is 0. The van der Waals surface area contributed by atoms with Crippen molar-refractivity contribution in [3.8, 4) is 0 Å². The fourth-order valence-corrected chi connectivity index (χ4v) is 10.4. The molecule has 0 aromatic heterocycles. The molecule has 4 aliphatic heterocycles. The predicted octanol–water partition coefficient (Wildman–Crippen LogP) is 8.83. The average Bonchev–Trinajstić information content (AvgIpc) is 4.11. The minimum Gasteiger partial charge on any atom is -0.471 e. The maximum atomic E-state index is 6.66. The van der Waals surface area contributed by atoms with Gasteiger partial charge in [0.25, 0.3) is 0 Å². The van der Waals surface area contributed by atoms with Crippen LogP contribution in [0.3, 0.4) is 0 Å². The van der Waals surface area contributed by atoms with Crippen LogP contribution >= 0.6 is 0 Å². The molecule has 8 aliphatic rings. The molecule has 8 nitrogen and oxygen atoms in total. The number of ether oxygens (including phenoxy) is 4. The van der Waals surface area contributed by atoms with Crippen molar-refractivity contribution in [2.75, 3.05) is 0 Å². The summed E-state index contributed by atoms with van der Waals surface area (Å²) >= 11 is 0. The van der Waals surface area contributed by atoms with E-state index in [9.17, 15) is 0 Å². The Morgan fingerprint density at radius 2 is 0.621 bits per heavy atom. The summed E-state index contributed by atoms with van der Waals surface area (Å²) in [6.07, 6.45) is 7.42. The molecule has 5 aromatic carbocycles. The molecule has 0 bridgehead atoms. The Labute approximate surface area is 336 Å². The lowest BCUT2D eigenvalue weighted by Gasteiger charge is -2.14. The van der Waals surface area contributed by atoms with Crippen molar-refractivity contribution in [2.45, 2.75) is 74.3 Å². The SMILES string of the molecule is C(=C(C1=N[C@@H]2c3ccccc3C[C@@H]2O1)C1=N[C@@H]2c3ccccc3C[C@@H]2O1)c1ccc(C=C(C2=N[C@@H]3c4ccccc4C[C@@H]3O2)C2=N[C@@H]3c4ccccc4C[C@@H]3O2)cc1. The van der Waals surface area contributed by atoms with Gasteiger partial charge in [-0.1, -0.05) is 121 Å². The first kappa shape index (κ1) is 32.5. The van der Waals surface area contributed by atoms with Gasteiger partial charge in [0.2, 0.25) is 23.6 Å². The zero-order chi connectivity index (χ0) is 37.9. The smallest absolute Gasteiger partial charge is 0.222 e. The normalized spacial score (nSPS) is 28.0. The van der Waals surface area contributed by atoms with E-state index >= 15 is 0 Å². The van der Waals surface area contributed by atoms with Crippen molar-refractivity contribution in [1.29, 1.82) is 0 Å². The highest BCUT2D eigenvalue weighted by Gasteiger charge is 2.46. The molecule has 282 valence electrons. The molecule has 13 rings (SSSR count). The molecule has 4 heterocycles. The number of hydrogen-bond donors (Lipinski definition) is 0. The van der Waals surface area contributed by atoms with Crippen molar-refractivity contribution in [2.24, 2.45) is 20.0 Å². The van der Waals surface area contributed by atoms with Crippen LogP contribution in [0.1, 0.15) is 79.8 Å². The number of benzene rings is 5. The van der Waals surface area contributed by atoms with Gasteiger partial charge in [-0.15, -0.1) is 0 Å². The second kappa shape index (κ2) is 12.5. The second-order valence-electron chi connectivity index (χ2n) is 16.5. The van der Waals surface area contributed by atoms with E-state index in [1.807, 2.05) is 0 Å². The number of nitrogens with zero attached hydrogens (tertiary/aromatic N) is 4. The maximum absolute atomic E-state index is 6.66. The minimum absolute atomic E-state index is 0.0357. The van der Waals surface area contributed by atoms with Gasteiger partial charge in [-0.05, 0) is 67.8 Å². The Morgan fingerprint density at radius 3 is 0.897 bits per heavy atom. The molecular weight excluding hydrogens is 721 g/mol. The monoisotopic (exact) mass is 758 g/mol. The van der Waals surface area contributed by atoms with Gasteiger partial charge in [0.05, 0.1) is 11.1 Å². The molecule has 58 heavy (non-hydrogen) atoms. The van der Waals surface area contributed by atoms with Gasteiger partial charge >= 0.3 is 0 Å². The van der Waals surface area contributed by atoms with Gasteiger partial charge in [-0.3, -0.25) is 0 Å². The Balaban J connectivity index is 0.864. The second-order valence-corrected chi connectivity index (χ2v) is 16.5. The van der Waals surface area contributed by atoms with E-state index in [2.05, 4.69) is 133 Å². The zero-order valence-corrected chi connectivity index (χ0v) is 31.6. The molecule has 8 heteroatoms. The summed E-state index contributed by atoms with van der Waals surface area (Å²) < 4.78 is 26.6. The van der Waals surface area contributed by atoms with E-state index in [-0.39, 0.29) is 48.6 Å². The summed E-state index contributed by atoms with van der Waals surface area (Å²) in [4.78, 5) is 20.8. The topological polar surface area (TPSA) is 86.4 Å². The largest absolute Gasteiger partial charge is 0.471 e. The molecule has 0 N–H and O–H groups in total. The molecule has 0 spiro atoms. The summed E-state index contributed by atoms with van der Waals surface area (Å²) in [7, 11) is 0. The van der Waals surface area contributed by atoms with E-state index < -0.39 is 0 Å². The van der Waals surface area contributed by atoms with Gasteiger partial charge < -0.3 is 18.9 Å². The van der Waals surface area contributed by atoms with Crippen LogP contribution in [-0.2, 0) is 44.6 Å². The van der Waals surface area contributed by atoms with E-state index in [4.69, 9.17) is 38.9 Å². The summed E-state index contributed by atoms with van der Waals surface area (Å²) in [5.41, 5.74) is 13.7. The predicted molar refractivity (Wildman–Crippen MR) is 223 cm³/mol. The fraction of sp³-hybridized carbons (Fsp3) is 0.240. The molecule has 0 unspecified atom stereocenters. The van der Waals surface area contributed by atoms with Gasteiger partial charge in [0, 0.05) is 25.7 Å². The zero-order valence-electron chi connectivity index (χ0n) is 31.6. The first-order chi connectivity index (χ1) is 28.7. The van der Waals surface area contributed by atoms with Gasteiger partial charge in [0.15, 0.2) is 0 Å². The van der Waals surface area contributed by atoms with Crippen molar-refractivity contribution < 1.29 is 18.9 Å². The molecule has 0 saturated heterocycles. The summed E-state index contributed by atoms with van der Waals surface area (Å²) in [6.45, 7) is 0. The van der Waals surface area contributed by atoms with Gasteiger partial charge in [-0.25, -0.2) is 20.0 Å². The number of fused-ring (bicyclic) bond motifs is 12. The van der Waals surface area contributed by atoms with Crippen molar-refractivity contribution in [1.82, 2.24) is 0 Å². The van der Waals surface area contributed by atoms with Crippen LogP contribution in [0, 0.1) is 0 Å². The number of rotatable bonds is 6. The van der Waals surface area contributed by atoms with Crippen LogP contribution in [0.25, 0.3) is 12.2 Å². The molecule has 5 aromatic rings. The van der Waals surface area contributed by atoms with Crippen LogP contribution in [0.15, 0.2) is 152 Å². The summed E-state index contributed by atoms with van der Waals surface area (Å²) in [6, 6.07) is 42.4. The third-order valence-corrected chi connectivity index (χ3v) is 13.1. The third kappa shape index (κ3) is 5.06. The van der Waals surface area contributed by atoms with E-state index in [0.29, 0.717) is 23.6 Å². The molecule has 4 aliphatic carbocycles. The van der Waals surface area contributed by atoms with Crippen molar-refractivity contribution >= 4 is 35.7 Å². The van der Waals surface area contributed by atoms with E-state index in [1.165, 1.54) is 44.5 Å². The maximum Gasteiger partial charge on any atom is 0.222 e. The molecule has 0 saturated carbocycles. The number of hydrogen-bond acceptors (Lipinski definition) is 8. The molecule has 0 fully saturated rings. The molecule has 0 radical (unpaired) electrons. The Morgan fingerprint density at radius 1 is 0.362 bits per heavy atom. The number of aliphatic imine (C=N–C) groups is 4. The lowest BCUT2D eigenvalue weighted by atomic mass is 10.1. The van der Waals surface area contributed by atoms with Gasteiger partial charge in [0.1, 0.15) is 48.6 Å². The van der Waals surface area contributed by atoms with Crippen LogP contribution < -0.4 is 0 Å². The fourth-order valence-electron chi connectivity index (χ4n) is 10.4. The van der Waals surface area contributed by atoms with Crippen LogP contribution in [0.4, 0.5) is 0 Å². The standard InChI is InChI=1S/C50H38N4O4/c1-5-13-33-29(9-1)23-39-43(33)51-47(55-39)37(48-52-44-34-14-6-2-10-30(34)24-40(44)56-48)21-27-17-19-28(20-18-27)22-38(49-53-45-35-15-7-3-11-31(35)25-41(45)57-49)50-54-46-36-16-8-4-12-32(36)26-42(46)58-50/h1-22,39-46H,23-26H2/t39-,40-,41-,42-,43+,44+,45+,46+/m0/s1. The summed E-state index contributed by atoms with van der Waals surface area (Å²) in [5.74, 6) is 2.37. The average molecular weight is 759 g/mol. The van der Waals surface area contributed by atoms with Crippen molar-refractivity contribution in [3.05, 3.63) is 188 Å². The lowest BCUT2D eigenvalue weighted by molar-refractivity contribution is 0.199. The Kier molecular flexibility index (Phi) is 7.00. The van der Waals surface area contributed by atoms with Gasteiger partial charge in [-0.2, -0.15) is 0 Å². The lowest BCUT2D eigenvalue weighted by Crippen LogP contribution is -2.20. The Bertz CT molecular complexity index is 2410. The highest BCUT2D eigenvalue weighted by Crippen LogP contribution is 2.46. The molecular formula is C50H38N4O4. The van der Waals surface area contributed by atoms with Crippen LogP contribution in [-0.4, -0.2) is 48.0 Å². The van der Waals surface area contributed by atoms with Crippen LogP contribution in [0.2, 0.25) is 0 Å². The minimum atomic E-state index is -0.0368. The Hall–Kier alpha value is -6.54. The highest BCUT2D eigenvalue weighted by atomic mass is 16.5.